The number of fused-ring (bicyclic) bond motifs is 1. The molecular formula is C16H22N2O2. The van der Waals surface area contributed by atoms with Gasteiger partial charge in [-0.25, -0.2) is 0 Å². The molecule has 1 aliphatic carbocycles. The Labute approximate surface area is 120 Å². The quantitative estimate of drug-likeness (QED) is 0.849. The maximum absolute atomic E-state index is 12.1. The van der Waals surface area contributed by atoms with Crippen LogP contribution in [-0.2, 0) is 4.79 Å². The highest BCUT2D eigenvalue weighted by Crippen LogP contribution is 2.40. The third-order valence-electron chi connectivity index (χ3n) is 4.52. The lowest BCUT2D eigenvalue weighted by atomic mass is 9.99. The summed E-state index contributed by atoms with van der Waals surface area (Å²) in [5.41, 5.74) is 0. The van der Waals surface area contributed by atoms with E-state index < -0.39 is 0 Å². The minimum atomic E-state index is 0.0894. The number of amides is 1. The van der Waals surface area contributed by atoms with Crippen LogP contribution in [0.3, 0.4) is 0 Å². The molecule has 20 heavy (non-hydrogen) atoms. The number of hydrogen-bond acceptors (Lipinski definition) is 3. The second kappa shape index (κ2) is 5.43. The van der Waals surface area contributed by atoms with Crippen LogP contribution in [0.25, 0.3) is 0 Å². The summed E-state index contributed by atoms with van der Waals surface area (Å²) in [6, 6.07) is 3.84. The molecule has 1 aromatic heterocycles. The van der Waals surface area contributed by atoms with Gasteiger partial charge >= 0.3 is 0 Å². The minimum Gasteiger partial charge on any atom is -0.488 e. The SMILES string of the molecule is CC(C)C(=O)N1C[C@H]2CC[C@@H](Oc3cccnc3)[C@H]2C1. The molecule has 3 atom stereocenters. The lowest BCUT2D eigenvalue weighted by molar-refractivity contribution is -0.133. The summed E-state index contributed by atoms with van der Waals surface area (Å²) in [6.07, 6.45) is 6.00. The molecule has 0 aromatic carbocycles. The average Bonchev–Trinajstić information content (AvgIpc) is 3.01. The van der Waals surface area contributed by atoms with Crippen LogP contribution in [0.2, 0.25) is 0 Å². The molecule has 0 N–H and O–H groups in total. The van der Waals surface area contributed by atoms with Crippen molar-refractivity contribution in [3.05, 3.63) is 24.5 Å². The normalized spacial score (nSPS) is 28.8. The summed E-state index contributed by atoms with van der Waals surface area (Å²) in [5.74, 6) is 2.30. The molecule has 4 heteroatoms. The van der Waals surface area contributed by atoms with Crippen LogP contribution >= 0.6 is 0 Å². The van der Waals surface area contributed by atoms with Gasteiger partial charge in [-0.3, -0.25) is 9.78 Å². The van der Waals surface area contributed by atoms with Gasteiger partial charge < -0.3 is 9.64 Å². The summed E-state index contributed by atoms with van der Waals surface area (Å²) < 4.78 is 6.08. The fourth-order valence-corrected chi connectivity index (χ4v) is 3.50. The van der Waals surface area contributed by atoms with Crippen molar-refractivity contribution in [3.63, 3.8) is 0 Å². The molecular weight excluding hydrogens is 252 g/mol. The molecule has 2 fully saturated rings. The number of ether oxygens (including phenoxy) is 1. The molecule has 0 radical (unpaired) electrons. The monoisotopic (exact) mass is 274 g/mol. The predicted octanol–water partition coefficient (Wildman–Crippen LogP) is 2.35. The Bertz CT molecular complexity index is 475. The molecule has 1 saturated carbocycles. The Hall–Kier alpha value is -1.58. The van der Waals surface area contributed by atoms with E-state index in [9.17, 15) is 4.79 Å². The van der Waals surface area contributed by atoms with Crippen LogP contribution < -0.4 is 4.74 Å². The number of hydrogen-bond donors (Lipinski definition) is 0. The summed E-state index contributed by atoms with van der Waals surface area (Å²) in [6.45, 7) is 5.71. The molecule has 1 aliphatic heterocycles. The molecule has 0 bridgehead atoms. The molecule has 0 spiro atoms. The van der Waals surface area contributed by atoms with Crippen LogP contribution in [0.15, 0.2) is 24.5 Å². The number of nitrogens with zero attached hydrogens (tertiary/aromatic N) is 2. The van der Waals surface area contributed by atoms with Gasteiger partial charge in [0.25, 0.3) is 0 Å². The number of likely N-dealkylation sites (tertiary alicyclic amines) is 1. The minimum absolute atomic E-state index is 0.0894. The smallest absolute Gasteiger partial charge is 0.225 e. The van der Waals surface area contributed by atoms with E-state index in [1.807, 2.05) is 30.9 Å². The zero-order valence-electron chi connectivity index (χ0n) is 12.2. The topological polar surface area (TPSA) is 42.4 Å². The maximum atomic E-state index is 12.1. The van der Waals surface area contributed by atoms with Crippen molar-refractivity contribution in [1.82, 2.24) is 9.88 Å². The van der Waals surface area contributed by atoms with Gasteiger partial charge in [-0.2, -0.15) is 0 Å². The van der Waals surface area contributed by atoms with E-state index in [-0.39, 0.29) is 17.9 Å². The first-order valence-corrected chi connectivity index (χ1v) is 7.50. The third kappa shape index (κ3) is 2.51. The van der Waals surface area contributed by atoms with Gasteiger partial charge in [0.05, 0.1) is 6.20 Å². The highest BCUT2D eigenvalue weighted by Gasteiger charge is 2.45. The molecule has 3 rings (SSSR count). The van der Waals surface area contributed by atoms with Crippen LogP contribution in [0, 0.1) is 17.8 Å². The Balaban J connectivity index is 1.64. The lowest BCUT2D eigenvalue weighted by Crippen LogP contribution is -2.34. The summed E-state index contributed by atoms with van der Waals surface area (Å²) >= 11 is 0. The van der Waals surface area contributed by atoms with Crippen molar-refractivity contribution in [2.24, 2.45) is 17.8 Å². The van der Waals surface area contributed by atoms with E-state index in [1.54, 1.807) is 12.4 Å². The van der Waals surface area contributed by atoms with Crippen molar-refractivity contribution in [1.29, 1.82) is 0 Å². The van der Waals surface area contributed by atoms with Gasteiger partial charge in [0.1, 0.15) is 11.9 Å². The molecule has 1 saturated heterocycles. The average molecular weight is 274 g/mol. The van der Waals surface area contributed by atoms with Crippen molar-refractivity contribution in [2.75, 3.05) is 13.1 Å². The predicted molar refractivity (Wildman–Crippen MR) is 76.3 cm³/mol. The van der Waals surface area contributed by atoms with E-state index in [0.29, 0.717) is 11.8 Å². The number of pyridine rings is 1. The fourth-order valence-electron chi connectivity index (χ4n) is 3.50. The third-order valence-corrected chi connectivity index (χ3v) is 4.52. The number of aromatic nitrogens is 1. The first-order valence-electron chi connectivity index (χ1n) is 7.50. The molecule has 2 heterocycles. The highest BCUT2D eigenvalue weighted by atomic mass is 16.5. The molecule has 2 aliphatic rings. The first-order chi connectivity index (χ1) is 9.65. The van der Waals surface area contributed by atoms with Crippen molar-refractivity contribution >= 4 is 5.91 Å². The van der Waals surface area contributed by atoms with Gasteiger partial charge in [-0.1, -0.05) is 13.8 Å². The van der Waals surface area contributed by atoms with Gasteiger partial charge in [-0.05, 0) is 30.9 Å². The Morgan fingerprint density at radius 3 is 2.95 bits per heavy atom. The number of carbonyl (C=O) groups excluding carboxylic acids is 1. The maximum Gasteiger partial charge on any atom is 0.225 e. The second-order valence-electron chi connectivity index (χ2n) is 6.24. The summed E-state index contributed by atoms with van der Waals surface area (Å²) in [7, 11) is 0. The van der Waals surface area contributed by atoms with Gasteiger partial charge in [0, 0.05) is 31.1 Å². The second-order valence-corrected chi connectivity index (χ2v) is 6.24. The van der Waals surface area contributed by atoms with Gasteiger partial charge in [0.15, 0.2) is 0 Å². The van der Waals surface area contributed by atoms with Crippen LogP contribution in [-0.4, -0.2) is 35.0 Å². The standard InChI is InChI=1S/C16H22N2O2/c1-11(2)16(19)18-9-12-5-6-15(14(12)10-18)20-13-4-3-7-17-8-13/h3-4,7-8,11-12,14-15H,5-6,9-10H2,1-2H3/t12-,14+,15-/m1/s1. The van der Waals surface area contributed by atoms with E-state index in [0.717, 1.165) is 31.7 Å². The van der Waals surface area contributed by atoms with Gasteiger partial charge in [0.2, 0.25) is 5.91 Å². The van der Waals surface area contributed by atoms with E-state index in [2.05, 4.69) is 4.98 Å². The van der Waals surface area contributed by atoms with Crippen molar-refractivity contribution < 1.29 is 9.53 Å². The lowest BCUT2D eigenvalue weighted by Gasteiger charge is -2.23. The van der Waals surface area contributed by atoms with Crippen LogP contribution in [0.4, 0.5) is 0 Å². The first kappa shape index (κ1) is 13.4. The van der Waals surface area contributed by atoms with E-state index >= 15 is 0 Å². The molecule has 0 unspecified atom stereocenters. The largest absolute Gasteiger partial charge is 0.488 e. The number of rotatable bonds is 3. The zero-order valence-corrected chi connectivity index (χ0v) is 12.2. The Kier molecular flexibility index (Phi) is 3.64. The molecule has 4 nitrogen and oxygen atoms in total. The number of carbonyl (C=O) groups is 1. The Morgan fingerprint density at radius 1 is 1.40 bits per heavy atom. The van der Waals surface area contributed by atoms with Crippen LogP contribution in [0.1, 0.15) is 26.7 Å². The fraction of sp³-hybridized carbons (Fsp3) is 0.625. The van der Waals surface area contributed by atoms with Crippen molar-refractivity contribution in [3.8, 4) is 5.75 Å². The van der Waals surface area contributed by atoms with Crippen LogP contribution in [0.5, 0.6) is 5.75 Å². The van der Waals surface area contributed by atoms with E-state index in [4.69, 9.17) is 4.74 Å². The molecule has 1 amide bonds. The van der Waals surface area contributed by atoms with Gasteiger partial charge in [-0.15, -0.1) is 0 Å². The Morgan fingerprint density at radius 2 is 2.25 bits per heavy atom. The van der Waals surface area contributed by atoms with E-state index in [1.165, 1.54) is 0 Å². The zero-order chi connectivity index (χ0) is 14.1. The summed E-state index contributed by atoms with van der Waals surface area (Å²) in [4.78, 5) is 18.2. The molecule has 1 aromatic rings. The highest BCUT2D eigenvalue weighted by molar-refractivity contribution is 5.78. The van der Waals surface area contributed by atoms with Crippen molar-refractivity contribution in [2.45, 2.75) is 32.8 Å². The summed E-state index contributed by atoms with van der Waals surface area (Å²) in [5, 5.41) is 0. The molecule has 108 valence electrons.